The molecule has 0 atom stereocenters. The Morgan fingerprint density at radius 2 is 1.58 bits per heavy atom. The van der Waals surface area contributed by atoms with Crippen LogP contribution in [0.15, 0.2) is 101 Å². The Morgan fingerprint density at radius 1 is 0.903 bits per heavy atom. The summed E-state index contributed by atoms with van der Waals surface area (Å²) in [6.07, 6.45) is 1.86. The van der Waals surface area contributed by atoms with Crippen molar-refractivity contribution >= 4 is 34.4 Å². The van der Waals surface area contributed by atoms with Gasteiger partial charge in [0.05, 0.1) is 5.69 Å². The van der Waals surface area contributed by atoms with E-state index in [1.807, 2.05) is 91.1 Å². The van der Waals surface area contributed by atoms with Gasteiger partial charge in [0.15, 0.2) is 5.16 Å². The second-order valence-corrected chi connectivity index (χ2v) is 8.46. The number of thioether (sulfide) groups is 1. The number of H-pyrrole nitrogens is 1. The van der Waals surface area contributed by atoms with Gasteiger partial charge in [0.1, 0.15) is 11.0 Å². The van der Waals surface area contributed by atoms with Crippen LogP contribution in [-0.2, 0) is 5.75 Å². The van der Waals surface area contributed by atoms with Gasteiger partial charge < -0.3 is 4.98 Å². The molecule has 0 aliphatic heterocycles. The summed E-state index contributed by atoms with van der Waals surface area (Å²) in [4.78, 5) is 21.6. The molecule has 0 fully saturated rings. The van der Waals surface area contributed by atoms with Crippen molar-refractivity contribution in [2.45, 2.75) is 10.9 Å². The lowest BCUT2D eigenvalue weighted by molar-refractivity contribution is 0.818. The fourth-order valence-electron chi connectivity index (χ4n) is 3.51. The first-order chi connectivity index (χ1) is 15.2. The summed E-state index contributed by atoms with van der Waals surface area (Å²) in [6.45, 7) is 0. The Morgan fingerprint density at radius 3 is 2.29 bits per heavy atom. The predicted molar refractivity (Wildman–Crippen MR) is 128 cm³/mol. The number of hydrogen-bond donors (Lipinski definition) is 1. The third-order valence-corrected chi connectivity index (χ3v) is 6.31. The molecule has 0 aliphatic rings. The summed E-state index contributed by atoms with van der Waals surface area (Å²) in [6, 6.07) is 27.3. The molecule has 3 aromatic carbocycles. The molecule has 0 unspecified atom stereocenters. The summed E-state index contributed by atoms with van der Waals surface area (Å²) in [5.74, 6) is 0.674. The molecule has 6 heteroatoms. The van der Waals surface area contributed by atoms with E-state index in [4.69, 9.17) is 16.6 Å². The van der Waals surface area contributed by atoms with Gasteiger partial charge in [-0.15, -0.1) is 0 Å². The number of nitrogens with one attached hydrogen (secondary N) is 1. The van der Waals surface area contributed by atoms with E-state index in [2.05, 4.69) is 4.98 Å². The molecule has 152 valence electrons. The minimum Gasteiger partial charge on any atom is -0.355 e. The second-order valence-electron chi connectivity index (χ2n) is 7.08. The van der Waals surface area contributed by atoms with Crippen LogP contribution >= 0.6 is 23.4 Å². The van der Waals surface area contributed by atoms with E-state index in [-0.39, 0.29) is 5.56 Å². The lowest BCUT2D eigenvalue weighted by Gasteiger charge is -2.12. The van der Waals surface area contributed by atoms with E-state index < -0.39 is 0 Å². The van der Waals surface area contributed by atoms with Gasteiger partial charge in [0.2, 0.25) is 0 Å². The topological polar surface area (TPSA) is 50.7 Å². The van der Waals surface area contributed by atoms with Crippen LogP contribution in [0.2, 0.25) is 5.02 Å². The molecule has 0 saturated carbocycles. The molecule has 0 aliphatic carbocycles. The largest absolute Gasteiger partial charge is 0.355 e. The molecule has 4 nitrogen and oxygen atoms in total. The van der Waals surface area contributed by atoms with Crippen molar-refractivity contribution in [3.05, 3.63) is 112 Å². The number of aromatic nitrogens is 3. The van der Waals surface area contributed by atoms with Crippen molar-refractivity contribution in [2.24, 2.45) is 0 Å². The monoisotopic (exact) mass is 443 g/mol. The number of benzene rings is 3. The van der Waals surface area contributed by atoms with Crippen molar-refractivity contribution in [3.8, 4) is 16.8 Å². The highest BCUT2D eigenvalue weighted by Crippen LogP contribution is 2.30. The summed E-state index contributed by atoms with van der Waals surface area (Å²) < 4.78 is 1.67. The second kappa shape index (κ2) is 8.46. The third kappa shape index (κ3) is 3.90. The minimum atomic E-state index is -0.114. The normalized spacial score (nSPS) is 11.1. The van der Waals surface area contributed by atoms with E-state index >= 15 is 0 Å². The number of hydrogen-bond acceptors (Lipinski definition) is 3. The van der Waals surface area contributed by atoms with Gasteiger partial charge in [-0.3, -0.25) is 9.36 Å². The van der Waals surface area contributed by atoms with E-state index in [1.54, 1.807) is 4.57 Å². The zero-order valence-corrected chi connectivity index (χ0v) is 18.0. The van der Waals surface area contributed by atoms with Crippen molar-refractivity contribution in [3.63, 3.8) is 0 Å². The number of nitrogens with zero attached hydrogens (tertiary/aromatic N) is 2. The molecule has 2 heterocycles. The maximum absolute atomic E-state index is 13.5. The van der Waals surface area contributed by atoms with Crippen LogP contribution in [0, 0.1) is 0 Å². The third-order valence-electron chi connectivity index (χ3n) is 5.05. The molecular formula is C25H18ClN3OS. The van der Waals surface area contributed by atoms with Gasteiger partial charge in [-0.2, -0.15) is 0 Å². The van der Waals surface area contributed by atoms with E-state index in [0.717, 1.165) is 22.4 Å². The molecule has 5 rings (SSSR count). The molecule has 31 heavy (non-hydrogen) atoms. The summed E-state index contributed by atoms with van der Waals surface area (Å²) in [5.41, 5.74) is 4.91. The molecule has 0 amide bonds. The van der Waals surface area contributed by atoms with Crippen LogP contribution in [0.1, 0.15) is 5.56 Å². The van der Waals surface area contributed by atoms with E-state index in [1.165, 1.54) is 11.8 Å². The average molecular weight is 444 g/mol. The Balaban J connectivity index is 1.66. The highest BCUT2D eigenvalue weighted by atomic mass is 35.5. The van der Waals surface area contributed by atoms with Crippen molar-refractivity contribution in [1.82, 2.24) is 14.5 Å². The van der Waals surface area contributed by atoms with Gasteiger partial charge in [0, 0.05) is 22.5 Å². The van der Waals surface area contributed by atoms with Crippen LogP contribution < -0.4 is 5.56 Å². The lowest BCUT2D eigenvalue weighted by atomic mass is 10.1. The SMILES string of the molecule is O=c1c2[nH]cc(-c3ccccc3)c2nc(SCc2ccc(Cl)cc2)n1-c1ccccc1. The fraction of sp³-hybridized carbons (Fsp3) is 0.0400. The number of rotatable bonds is 5. The smallest absolute Gasteiger partial charge is 0.283 e. The molecule has 5 aromatic rings. The first kappa shape index (κ1) is 19.7. The van der Waals surface area contributed by atoms with Crippen LogP contribution in [0.3, 0.4) is 0 Å². The average Bonchev–Trinajstić information content (AvgIpc) is 3.24. The summed E-state index contributed by atoms with van der Waals surface area (Å²) >= 11 is 7.55. The Hall–Kier alpha value is -3.28. The van der Waals surface area contributed by atoms with Gasteiger partial charge in [-0.05, 0) is 35.4 Å². The van der Waals surface area contributed by atoms with Crippen LogP contribution in [0.5, 0.6) is 0 Å². The van der Waals surface area contributed by atoms with Crippen molar-refractivity contribution in [1.29, 1.82) is 0 Å². The Bertz CT molecular complexity index is 1390. The first-order valence-electron chi connectivity index (χ1n) is 9.83. The molecular weight excluding hydrogens is 426 g/mol. The Labute approximate surface area is 188 Å². The van der Waals surface area contributed by atoms with E-state index in [9.17, 15) is 4.79 Å². The maximum Gasteiger partial charge on any atom is 0.283 e. The number of aromatic amines is 1. The molecule has 0 spiro atoms. The van der Waals surface area contributed by atoms with Crippen LogP contribution in [0.4, 0.5) is 0 Å². The molecule has 1 N–H and O–H groups in total. The first-order valence-corrected chi connectivity index (χ1v) is 11.2. The highest BCUT2D eigenvalue weighted by Gasteiger charge is 2.18. The zero-order chi connectivity index (χ0) is 21.2. The van der Waals surface area contributed by atoms with Crippen molar-refractivity contribution in [2.75, 3.05) is 0 Å². The quantitative estimate of drug-likeness (QED) is 0.255. The molecule has 0 saturated heterocycles. The molecule has 0 radical (unpaired) electrons. The van der Waals surface area contributed by atoms with Crippen molar-refractivity contribution < 1.29 is 0 Å². The van der Waals surface area contributed by atoms with Gasteiger partial charge in [0.25, 0.3) is 5.56 Å². The number of halogens is 1. The summed E-state index contributed by atoms with van der Waals surface area (Å²) in [7, 11) is 0. The maximum atomic E-state index is 13.5. The minimum absolute atomic E-state index is 0.114. The number of para-hydroxylation sites is 1. The van der Waals surface area contributed by atoms with Gasteiger partial charge in [-0.25, -0.2) is 4.98 Å². The molecule has 2 aromatic heterocycles. The molecule has 0 bridgehead atoms. The highest BCUT2D eigenvalue weighted by molar-refractivity contribution is 7.98. The van der Waals surface area contributed by atoms with Gasteiger partial charge in [-0.1, -0.05) is 84.0 Å². The van der Waals surface area contributed by atoms with Crippen LogP contribution in [0.25, 0.3) is 27.8 Å². The Kier molecular flexibility index (Phi) is 5.37. The number of fused-ring (bicyclic) bond motifs is 1. The van der Waals surface area contributed by atoms with Gasteiger partial charge >= 0.3 is 0 Å². The summed E-state index contributed by atoms with van der Waals surface area (Å²) in [5, 5.41) is 1.35. The van der Waals surface area contributed by atoms with Crippen LogP contribution in [-0.4, -0.2) is 14.5 Å². The fourth-order valence-corrected chi connectivity index (χ4v) is 4.59. The zero-order valence-electron chi connectivity index (χ0n) is 16.5. The lowest BCUT2D eigenvalue weighted by Crippen LogP contribution is -2.21. The standard InChI is InChI=1S/C25H18ClN3OS/c26-19-13-11-17(12-14-19)16-31-25-28-22-21(18-7-3-1-4-8-18)15-27-23(22)24(30)29(25)20-9-5-2-6-10-20/h1-15,27H,16H2. The van der Waals surface area contributed by atoms with E-state index in [0.29, 0.717) is 27.0 Å². The predicted octanol–water partition coefficient (Wildman–Crippen LogP) is 6.33.